The van der Waals surface area contributed by atoms with Crippen molar-refractivity contribution in [2.75, 3.05) is 6.54 Å². The minimum atomic E-state index is -0.428. The van der Waals surface area contributed by atoms with Crippen LogP contribution in [0.1, 0.15) is 37.2 Å². The van der Waals surface area contributed by atoms with Gasteiger partial charge < -0.3 is 10.1 Å². The molecule has 3 aromatic rings. The van der Waals surface area contributed by atoms with Crippen LogP contribution in [0.25, 0.3) is 22.5 Å². The number of pyridine rings is 2. The first-order valence-electron chi connectivity index (χ1n) is 9.57. The molecule has 2 N–H and O–H groups in total. The second-order valence-electron chi connectivity index (χ2n) is 7.67. The molecular weight excluding hydrogens is 374 g/mol. The van der Waals surface area contributed by atoms with Gasteiger partial charge in [0.05, 0.1) is 22.9 Å². The highest BCUT2D eigenvalue weighted by Gasteiger charge is 2.16. The molecule has 7 heteroatoms. The van der Waals surface area contributed by atoms with Crippen molar-refractivity contribution in [2.24, 2.45) is 16.1 Å². The average Bonchev–Trinajstić information content (AvgIpc) is 3.12. The van der Waals surface area contributed by atoms with Crippen molar-refractivity contribution < 1.29 is 0 Å². The van der Waals surface area contributed by atoms with Gasteiger partial charge in [-0.25, -0.2) is 9.97 Å². The Labute approximate surface area is 175 Å². The number of imidazole rings is 1. The maximum absolute atomic E-state index is 9.32. The number of fused-ring (bicyclic) bond motifs is 1. The fourth-order valence-corrected chi connectivity index (χ4v) is 3.00. The molecule has 0 bridgehead atoms. The van der Waals surface area contributed by atoms with E-state index < -0.39 is 5.41 Å². The van der Waals surface area contributed by atoms with Crippen LogP contribution in [-0.4, -0.2) is 27.1 Å². The molecule has 7 nitrogen and oxygen atoms in total. The Bertz CT molecular complexity index is 1220. The number of nitriles is 2. The third kappa shape index (κ3) is 4.53. The lowest BCUT2D eigenvalue weighted by Gasteiger charge is -2.13. The van der Waals surface area contributed by atoms with Gasteiger partial charge in [0.2, 0.25) is 0 Å². The van der Waals surface area contributed by atoms with Gasteiger partial charge in [-0.2, -0.15) is 10.5 Å². The van der Waals surface area contributed by atoms with Gasteiger partial charge in [-0.1, -0.05) is 0 Å². The Morgan fingerprint density at radius 1 is 1.27 bits per heavy atom. The van der Waals surface area contributed by atoms with Crippen molar-refractivity contribution in [1.82, 2.24) is 14.4 Å². The average molecular weight is 397 g/mol. The molecule has 0 aliphatic heterocycles. The van der Waals surface area contributed by atoms with Gasteiger partial charge in [-0.15, -0.1) is 0 Å². The molecule has 150 valence electrons. The number of hydrogen-bond acceptors (Lipinski definition) is 6. The van der Waals surface area contributed by atoms with Gasteiger partial charge in [-0.3, -0.25) is 4.99 Å². The Hall–Kier alpha value is -3.97. The lowest BCUT2D eigenvalue weighted by Crippen LogP contribution is -2.09. The molecule has 0 amide bonds. The van der Waals surface area contributed by atoms with E-state index in [1.807, 2.05) is 55.8 Å². The number of allylic oxidation sites excluding steroid dienone is 1. The summed E-state index contributed by atoms with van der Waals surface area (Å²) < 4.78 is 1.94. The highest BCUT2D eigenvalue weighted by Crippen LogP contribution is 2.28. The van der Waals surface area contributed by atoms with Gasteiger partial charge in [0.1, 0.15) is 17.4 Å². The van der Waals surface area contributed by atoms with Crippen LogP contribution >= 0.6 is 0 Å². The lowest BCUT2D eigenvalue weighted by molar-refractivity contribution is 0.461. The van der Waals surface area contributed by atoms with Crippen LogP contribution in [0.5, 0.6) is 0 Å². The van der Waals surface area contributed by atoms with Gasteiger partial charge in [-0.05, 0) is 51.5 Å². The molecule has 0 aliphatic rings. The van der Waals surface area contributed by atoms with Crippen LogP contribution in [0.4, 0.5) is 0 Å². The first kappa shape index (κ1) is 20.8. The summed E-state index contributed by atoms with van der Waals surface area (Å²) in [7, 11) is 0. The largest absolute Gasteiger partial charge is 0.404 e. The number of aryl methyl sites for hydroxylation is 1. The predicted molar refractivity (Wildman–Crippen MR) is 117 cm³/mol. The van der Waals surface area contributed by atoms with E-state index in [2.05, 4.69) is 27.1 Å². The molecule has 3 aromatic heterocycles. The summed E-state index contributed by atoms with van der Waals surface area (Å²) in [4.78, 5) is 13.5. The quantitative estimate of drug-likeness (QED) is 0.633. The number of nitrogens with zero attached hydrogens (tertiary/aromatic N) is 6. The van der Waals surface area contributed by atoms with E-state index in [0.29, 0.717) is 29.9 Å². The lowest BCUT2D eigenvalue weighted by atomic mass is 9.92. The maximum Gasteiger partial charge on any atom is 0.141 e. The fraction of sp³-hybridized carbons (Fsp3) is 0.261. The molecule has 0 aliphatic carbocycles. The second kappa shape index (κ2) is 8.59. The first-order chi connectivity index (χ1) is 14.4. The van der Waals surface area contributed by atoms with Crippen molar-refractivity contribution in [3.8, 4) is 23.4 Å². The monoisotopic (exact) mass is 397 g/mol. The summed E-state index contributed by atoms with van der Waals surface area (Å²) in [5.74, 6) is 0. The summed E-state index contributed by atoms with van der Waals surface area (Å²) in [6.45, 7) is 6.22. The normalized spacial score (nSPS) is 12.2. The third-order valence-electron chi connectivity index (χ3n) is 4.75. The molecule has 3 heterocycles. The maximum atomic E-state index is 9.32. The van der Waals surface area contributed by atoms with Gasteiger partial charge in [0, 0.05) is 48.1 Å². The van der Waals surface area contributed by atoms with E-state index in [9.17, 15) is 5.26 Å². The van der Waals surface area contributed by atoms with Crippen LogP contribution in [0, 0.1) is 35.0 Å². The van der Waals surface area contributed by atoms with Crippen molar-refractivity contribution in [1.29, 1.82) is 10.5 Å². The zero-order valence-electron chi connectivity index (χ0n) is 17.3. The molecule has 0 radical (unpaired) electrons. The molecule has 0 aromatic carbocycles. The smallest absolute Gasteiger partial charge is 0.141 e. The van der Waals surface area contributed by atoms with E-state index in [4.69, 9.17) is 11.0 Å². The van der Waals surface area contributed by atoms with Crippen molar-refractivity contribution >= 4 is 17.4 Å². The molecule has 0 saturated heterocycles. The summed E-state index contributed by atoms with van der Waals surface area (Å²) in [6, 6.07) is 11.7. The van der Waals surface area contributed by atoms with E-state index in [0.717, 1.165) is 22.5 Å². The summed E-state index contributed by atoms with van der Waals surface area (Å²) in [5, 5.41) is 18.5. The third-order valence-corrected chi connectivity index (χ3v) is 4.75. The number of nitrogens with two attached hydrogens (primary N) is 1. The zero-order valence-corrected chi connectivity index (χ0v) is 17.3. The topological polar surface area (TPSA) is 116 Å². The summed E-state index contributed by atoms with van der Waals surface area (Å²) >= 11 is 0. The van der Waals surface area contributed by atoms with E-state index in [1.165, 1.54) is 6.20 Å². The summed E-state index contributed by atoms with van der Waals surface area (Å²) in [5.41, 5.74) is 10.4. The van der Waals surface area contributed by atoms with Gasteiger partial charge in [0.25, 0.3) is 0 Å². The predicted octanol–water partition coefficient (Wildman–Crippen LogP) is 3.89. The first-order valence-corrected chi connectivity index (χ1v) is 9.57. The highest BCUT2D eigenvalue weighted by molar-refractivity contribution is 6.11. The van der Waals surface area contributed by atoms with Crippen molar-refractivity contribution in [2.45, 2.75) is 27.2 Å². The molecule has 0 spiro atoms. The number of aliphatic imine (C=N–C) groups is 1. The number of rotatable bonds is 6. The molecule has 30 heavy (non-hydrogen) atoms. The number of aromatic nitrogens is 3. The number of hydrogen-bond donors (Lipinski definition) is 1. The highest BCUT2D eigenvalue weighted by atomic mass is 15.0. The Morgan fingerprint density at radius 2 is 2.07 bits per heavy atom. The molecule has 3 rings (SSSR count). The van der Waals surface area contributed by atoms with E-state index >= 15 is 0 Å². The Balaban J connectivity index is 1.99. The zero-order chi connectivity index (χ0) is 21.7. The minimum Gasteiger partial charge on any atom is -0.404 e. The molecule has 0 fully saturated rings. The second-order valence-corrected chi connectivity index (χ2v) is 7.67. The van der Waals surface area contributed by atoms with Crippen LogP contribution in [0.15, 0.2) is 47.9 Å². The summed E-state index contributed by atoms with van der Waals surface area (Å²) in [6.07, 6.45) is 7.67. The van der Waals surface area contributed by atoms with Crippen LogP contribution in [0.3, 0.4) is 0 Å². The molecule has 0 atom stereocenters. The van der Waals surface area contributed by atoms with Crippen molar-refractivity contribution in [3.63, 3.8) is 0 Å². The Morgan fingerprint density at radius 3 is 2.77 bits per heavy atom. The van der Waals surface area contributed by atoms with E-state index in [-0.39, 0.29) is 0 Å². The molecular formula is C23H23N7. The fourth-order valence-electron chi connectivity index (χ4n) is 3.00. The standard InChI is InChI=1S/C23H23N7/c1-16-14-30-9-6-17(10-21(30)28-16)22-20(5-4-19(12-25)29-22)18(11-24)13-27-8-7-23(2,3)15-26/h4-6,9-11,13-14H,7-8,24H2,1-3H3. The van der Waals surface area contributed by atoms with Crippen molar-refractivity contribution in [3.05, 3.63) is 59.8 Å². The van der Waals surface area contributed by atoms with Gasteiger partial charge >= 0.3 is 0 Å². The van der Waals surface area contributed by atoms with E-state index in [1.54, 1.807) is 12.3 Å². The minimum absolute atomic E-state index is 0.317. The van der Waals surface area contributed by atoms with Crippen LogP contribution < -0.4 is 5.73 Å². The molecule has 0 unspecified atom stereocenters. The van der Waals surface area contributed by atoms with Crippen LogP contribution in [0.2, 0.25) is 0 Å². The Kier molecular flexibility index (Phi) is 5.94. The SMILES string of the molecule is Cc1cn2ccc(-c3nc(C#N)ccc3C(C=NCCC(C)(C)C#N)=CN)cc2n1. The van der Waals surface area contributed by atoms with Crippen LogP contribution in [-0.2, 0) is 0 Å². The molecule has 0 saturated carbocycles. The van der Waals surface area contributed by atoms with Gasteiger partial charge in [0.15, 0.2) is 0 Å².